The first kappa shape index (κ1) is 16.9. The summed E-state index contributed by atoms with van der Waals surface area (Å²) in [6, 6.07) is 10.7. The van der Waals surface area contributed by atoms with Crippen LogP contribution in [0.5, 0.6) is 0 Å². The van der Waals surface area contributed by atoms with Crippen LogP contribution in [0.15, 0.2) is 48.5 Å². The fourth-order valence-corrected chi connectivity index (χ4v) is 2.70. The summed E-state index contributed by atoms with van der Waals surface area (Å²) < 4.78 is 25.8. The molecular formula is C18H17F2N3O2. The molecule has 0 aliphatic carbocycles. The zero-order chi connectivity index (χ0) is 17.8. The molecule has 1 fully saturated rings. The van der Waals surface area contributed by atoms with Crippen molar-refractivity contribution in [1.29, 1.82) is 0 Å². The van der Waals surface area contributed by atoms with E-state index in [0.29, 0.717) is 12.2 Å². The molecule has 2 aromatic carbocycles. The summed E-state index contributed by atoms with van der Waals surface area (Å²) in [6.07, 6.45) is 0.182. The van der Waals surface area contributed by atoms with Gasteiger partial charge < -0.3 is 15.5 Å². The second-order valence-electron chi connectivity index (χ2n) is 5.84. The molecule has 2 aromatic rings. The van der Waals surface area contributed by atoms with Gasteiger partial charge in [0.05, 0.1) is 6.04 Å². The van der Waals surface area contributed by atoms with Crippen molar-refractivity contribution in [2.75, 3.05) is 11.4 Å². The fraction of sp³-hybridized carbons (Fsp3) is 0.222. The number of carbonyl (C=O) groups excluding carboxylic acids is 2. The van der Waals surface area contributed by atoms with Crippen molar-refractivity contribution in [3.05, 3.63) is 65.7 Å². The van der Waals surface area contributed by atoms with Gasteiger partial charge in [-0.25, -0.2) is 13.6 Å². The van der Waals surface area contributed by atoms with E-state index in [1.54, 1.807) is 12.1 Å². The van der Waals surface area contributed by atoms with Gasteiger partial charge in [-0.3, -0.25) is 4.79 Å². The molecule has 3 amide bonds. The molecule has 1 unspecified atom stereocenters. The van der Waals surface area contributed by atoms with Gasteiger partial charge >= 0.3 is 6.03 Å². The molecule has 1 saturated heterocycles. The number of rotatable bonds is 4. The number of hydrogen-bond donors (Lipinski definition) is 2. The molecule has 3 rings (SSSR count). The van der Waals surface area contributed by atoms with Gasteiger partial charge in [-0.2, -0.15) is 0 Å². The second kappa shape index (κ2) is 7.29. The van der Waals surface area contributed by atoms with E-state index in [0.717, 1.165) is 5.56 Å². The van der Waals surface area contributed by atoms with E-state index in [-0.39, 0.29) is 36.5 Å². The lowest BCUT2D eigenvalue weighted by molar-refractivity contribution is -0.117. The van der Waals surface area contributed by atoms with E-state index in [1.807, 2.05) is 0 Å². The van der Waals surface area contributed by atoms with E-state index in [4.69, 9.17) is 0 Å². The molecule has 130 valence electrons. The van der Waals surface area contributed by atoms with Crippen LogP contribution in [-0.2, 0) is 11.3 Å². The average molecular weight is 345 g/mol. The molecule has 2 N–H and O–H groups in total. The van der Waals surface area contributed by atoms with Crippen molar-refractivity contribution in [3.8, 4) is 0 Å². The van der Waals surface area contributed by atoms with E-state index >= 15 is 0 Å². The molecule has 0 saturated carbocycles. The van der Waals surface area contributed by atoms with Crippen LogP contribution in [0, 0.1) is 11.6 Å². The van der Waals surface area contributed by atoms with Crippen molar-refractivity contribution in [3.63, 3.8) is 0 Å². The van der Waals surface area contributed by atoms with Gasteiger partial charge in [-0.15, -0.1) is 0 Å². The molecule has 25 heavy (non-hydrogen) atoms. The minimum atomic E-state index is -0.400. The Morgan fingerprint density at radius 1 is 1.04 bits per heavy atom. The van der Waals surface area contributed by atoms with Gasteiger partial charge in [0.1, 0.15) is 11.6 Å². The Kier molecular flexibility index (Phi) is 4.92. The Morgan fingerprint density at radius 2 is 1.64 bits per heavy atom. The number of nitrogens with one attached hydrogen (secondary N) is 2. The summed E-state index contributed by atoms with van der Waals surface area (Å²) >= 11 is 0. The maximum absolute atomic E-state index is 13.0. The third kappa shape index (κ3) is 4.32. The van der Waals surface area contributed by atoms with Crippen LogP contribution in [0.3, 0.4) is 0 Å². The summed E-state index contributed by atoms with van der Waals surface area (Å²) in [7, 11) is 0. The molecule has 1 heterocycles. The van der Waals surface area contributed by atoms with Gasteiger partial charge in [0, 0.05) is 25.2 Å². The molecule has 5 nitrogen and oxygen atoms in total. The highest BCUT2D eigenvalue weighted by molar-refractivity contribution is 5.96. The summed E-state index contributed by atoms with van der Waals surface area (Å²) in [4.78, 5) is 25.6. The minimum absolute atomic E-state index is 0.129. The van der Waals surface area contributed by atoms with Gasteiger partial charge in [0.2, 0.25) is 5.91 Å². The van der Waals surface area contributed by atoms with Crippen LogP contribution in [0.1, 0.15) is 12.0 Å². The van der Waals surface area contributed by atoms with Crippen LogP contribution in [-0.4, -0.2) is 24.5 Å². The first-order valence-corrected chi connectivity index (χ1v) is 7.86. The zero-order valence-electron chi connectivity index (χ0n) is 13.3. The zero-order valence-corrected chi connectivity index (χ0v) is 13.3. The van der Waals surface area contributed by atoms with Crippen LogP contribution in [0.25, 0.3) is 0 Å². The standard InChI is InChI=1S/C18H17F2N3O2/c19-13-3-1-12(2-4-13)10-21-18(25)22-15-9-17(24)23(11-15)16-7-5-14(20)6-8-16/h1-8,15H,9-11H2,(H2,21,22,25). The largest absolute Gasteiger partial charge is 0.334 e. The molecular weight excluding hydrogens is 328 g/mol. The van der Waals surface area contributed by atoms with Crippen LogP contribution in [0.2, 0.25) is 0 Å². The van der Waals surface area contributed by atoms with Crippen LogP contribution >= 0.6 is 0 Å². The van der Waals surface area contributed by atoms with E-state index in [9.17, 15) is 18.4 Å². The molecule has 1 atom stereocenters. The maximum Gasteiger partial charge on any atom is 0.315 e. The SMILES string of the molecule is O=C(NCc1ccc(F)cc1)NC1CC(=O)N(c2ccc(F)cc2)C1. The third-order valence-corrected chi connectivity index (χ3v) is 3.96. The second-order valence-corrected chi connectivity index (χ2v) is 5.84. The minimum Gasteiger partial charge on any atom is -0.334 e. The number of hydrogen-bond acceptors (Lipinski definition) is 2. The fourth-order valence-electron chi connectivity index (χ4n) is 2.70. The lowest BCUT2D eigenvalue weighted by atomic mass is 10.2. The normalized spacial score (nSPS) is 16.8. The third-order valence-electron chi connectivity index (χ3n) is 3.96. The maximum atomic E-state index is 13.0. The molecule has 1 aliphatic rings. The Hall–Kier alpha value is -2.96. The van der Waals surface area contributed by atoms with Crippen molar-refractivity contribution in [2.24, 2.45) is 0 Å². The predicted molar refractivity (Wildman–Crippen MR) is 88.9 cm³/mol. The van der Waals surface area contributed by atoms with Gasteiger partial charge in [-0.05, 0) is 42.0 Å². The van der Waals surface area contributed by atoms with Crippen LogP contribution in [0.4, 0.5) is 19.3 Å². The van der Waals surface area contributed by atoms with E-state index < -0.39 is 6.03 Å². The summed E-state index contributed by atoms with van der Waals surface area (Å²) in [5.41, 5.74) is 1.37. The monoisotopic (exact) mass is 345 g/mol. The number of halogens is 2. The topological polar surface area (TPSA) is 61.4 Å². The summed E-state index contributed by atoms with van der Waals surface area (Å²) in [5, 5.41) is 5.41. The first-order valence-electron chi connectivity index (χ1n) is 7.86. The van der Waals surface area contributed by atoms with Crippen LogP contribution < -0.4 is 15.5 Å². The van der Waals surface area contributed by atoms with Crippen molar-refractivity contribution >= 4 is 17.6 Å². The first-order chi connectivity index (χ1) is 12.0. The molecule has 7 heteroatoms. The van der Waals surface area contributed by atoms with Gasteiger partial charge in [0.15, 0.2) is 0 Å². The van der Waals surface area contributed by atoms with Crippen molar-refractivity contribution in [2.45, 2.75) is 19.0 Å². The molecule has 0 aromatic heterocycles. The molecule has 0 radical (unpaired) electrons. The van der Waals surface area contributed by atoms with Crippen molar-refractivity contribution < 1.29 is 18.4 Å². The highest BCUT2D eigenvalue weighted by atomic mass is 19.1. The van der Waals surface area contributed by atoms with Crippen molar-refractivity contribution in [1.82, 2.24) is 10.6 Å². The highest BCUT2D eigenvalue weighted by Crippen LogP contribution is 2.21. The number of anilines is 1. The molecule has 0 bridgehead atoms. The van der Waals surface area contributed by atoms with Gasteiger partial charge in [0.25, 0.3) is 0 Å². The Balaban J connectivity index is 1.51. The lowest BCUT2D eigenvalue weighted by Crippen LogP contribution is -2.43. The number of urea groups is 1. The highest BCUT2D eigenvalue weighted by Gasteiger charge is 2.31. The number of amides is 3. The predicted octanol–water partition coefficient (Wildman–Crippen LogP) is 2.57. The molecule has 0 spiro atoms. The quantitative estimate of drug-likeness (QED) is 0.895. The Labute approximate surface area is 143 Å². The van der Waals surface area contributed by atoms with E-state index in [1.165, 1.54) is 41.3 Å². The Bertz CT molecular complexity index is 763. The number of benzene rings is 2. The van der Waals surface area contributed by atoms with Gasteiger partial charge in [-0.1, -0.05) is 12.1 Å². The summed E-state index contributed by atoms with van der Waals surface area (Å²) in [5.74, 6) is -0.834. The molecule has 1 aliphatic heterocycles. The van der Waals surface area contributed by atoms with E-state index in [2.05, 4.69) is 10.6 Å². The lowest BCUT2D eigenvalue weighted by Gasteiger charge is -2.17. The number of nitrogens with zero attached hydrogens (tertiary/aromatic N) is 1. The number of carbonyl (C=O) groups is 2. The summed E-state index contributed by atoms with van der Waals surface area (Å²) in [6.45, 7) is 0.586. The Morgan fingerprint density at radius 3 is 2.28 bits per heavy atom. The smallest absolute Gasteiger partial charge is 0.315 e. The average Bonchev–Trinajstić information content (AvgIpc) is 2.95.